The summed E-state index contributed by atoms with van der Waals surface area (Å²) in [4.78, 5) is 28.7. The molecule has 0 saturated heterocycles. The quantitative estimate of drug-likeness (QED) is 0.324. The zero-order valence-corrected chi connectivity index (χ0v) is 22.4. The highest BCUT2D eigenvalue weighted by molar-refractivity contribution is 7.99. The molecule has 3 rings (SSSR count). The van der Waals surface area contributed by atoms with Gasteiger partial charge in [-0.1, -0.05) is 72.3 Å². The highest BCUT2D eigenvalue weighted by Crippen LogP contribution is 2.25. The number of hydrogen-bond donors (Lipinski definition) is 1. The maximum absolute atomic E-state index is 14.2. The zero-order valence-electron chi connectivity index (χ0n) is 20.8. The Hall–Kier alpha value is -2.83. The van der Waals surface area contributed by atoms with Crippen LogP contribution >= 0.6 is 23.4 Å². The molecule has 1 atom stereocenters. The molecular weight excluding hydrogens is 495 g/mol. The maximum Gasteiger partial charge on any atom is 0.243 e. The molecule has 4 nitrogen and oxygen atoms in total. The Morgan fingerprint density at radius 3 is 2.36 bits per heavy atom. The van der Waals surface area contributed by atoms with Crippen LogP contribution in [0.5, 0.6) is 0 Å². The molecule has 0 fully saturated rings. The number of nitrogens with zero attached hydrogens (tertiary/aromatic N) is 1. The largest absolute Gasteiger partial charge is 0.352 e. The lowest BCUT2D eigenvalue weighted by atomic mass is 10.0. The number of amides is 2. The van der Waals surface area contributed by atoms with E-state index in [2.05, 4.69) is 5.32 Å². The molecule has 0 aromatic heterocycles. The van der Waals surface area contributed by atoms with Gasteiger partial charge < -0.3 is 10.2 Å². The Labute approximate surface area is 222 Å². The Kier molecular flexibility index (Phi) is 10.4. The highest BCUT2D eigenvalue weighted by atomic mass is 35.5. The summed E-state index contributed by atoms with van der Waals surface area (Å²) in [6, 6.07) is 21.3. The van der Waals surface area contributed by atoms with Crippen molar-refractivity contribution in [3.8, 4) is 0 Å². The fraction of sp³-hybridized carbons (Fsp3) is 0.310. The summed E-state index contributed by atoms with van der Waals surface area (Å²) < 4.78 is 14.2. The lowest BCUT2D eigenvalue weighted by molar-refractivity contribution is -0.139. The molecule has 0 bridgehead atoms. The number of aryl methyl sites for hydroxylation is 1. The van der Waals surface area contributed by atoms with Gasteiger partial charge in [0.25, 0.3) is 0 Å². The van der Waals surface area contributed by atoms with Crippen LogP contribution in [0.3, 0.4) is 0 Å². The van der Waals surface area contributed by atoms with E-state index in [1.54, 1.807) is 17.0 Å². The van der Waals surface area contributed by atoms with E-state index in [0.717, 1.165) is 16.7 Å². The van der Waals surface area contributed by atoms with Crippen LogP contribution in [0.1, 0.15) is 36.1 Å². The van der Waals surface area contributed by atoms with Crippen molar-refractivity contribution in [1.82, 2.24) is 10.2 Å². The summed E-state index contributed by atoms with van der Waals surface area (Å²) >= 11 is 7.45. The number of carbonyl (C=O) groups excluding carboxylic acids is 2. The second kappa shape index (κ2) is 13.5. The molecule has 0 heterocycles. The molecule has 0 aliphatic rings. The first-order valence-corrected chi connectivity index (χ1v) is 13.5. The van der Waals surface area contributed by atoms with Gasteiger partial charge >= 0.3 is 0 Å². The molecule has 190 valence electrons. The predicted octanol–water partition coefficient (Wildman–Crippen LogP) is 6.19. The second-order valence-electron chi connectivity index (χ2n) is 9.01. The van der Waals surface area contributed by atoms with E-state index in [0.29, 0.717) is 23.6 Å². The van der Waals surface area contributed by atoms with Crippen molar-refractivity contribution in [2.75, 3.05) is 5.75 Å². The normalized spacial score (nSPS) is 11.8. The smallest absolute Gasteiger partial charge is 0.243 e. The lowest BCUT2D eigenvalue weighted by Gasteiger charge is -2.32. The maximum atomic E-state index is 14.2. The number of benzene rings is 3. The Morgan fingerprint density at radius 2 is 1.69 bits per heavy atom. The summed E-state index contributed by atoms with van der Waals surface area (Å²) in [5.74, 6) is -0.417. The van der Waals surface area contributed by atoms with Crippen LogP contribution in [0.25, 0.3) is 0 Å². The van der Waals surface area contributed by atoms with Gasteiger partial charge in [0.1, 0.15) is 11.9 Å². The van der Waals surface area contributed by atoms with Gasteiger partial charge in [0, 0.05) is 35.3 Å². The lowest BCUT2D eigenvalue weighted by Crippen LogP contribution is -2.52. The van der Waals surface area contributed by atoms with Gasteiger partial charge in [-0.05, 0) is 49.6 Å². The van der Waals surface area contributed by atoms with E-state index < -0.39 is 11.9 Å². The Balaban J connectivity index is 1.88. The molecule has 0 spiro atoms. The minimum atomic E-state index is -0.695. The van der Waals surface area contributed by atoms with Crippen LogP contribution in [-0.2, 0) is 28.3 Å². The van der Waals surface area contributed by atoms with Gasteiger partial charge in [-0.2, -0.15) is 0 Å². The summed E-state index contributed by atoms with van der Waals surface area (Å²) in [7, 11) is 0. The van der Waals surface area contributed by atoms with Crippen molar-refractivity contribution >= 4 is 35.2 Å². The Morgan fingerprint density at radius 1 is 1.00 bits per heavy atom. The number of thioether (sulfide) groups is 1. The number of rotatable bonds is 11. The molecule has 0 radical (unpaired) electrons. The molecule has 7 heteroatoms. The number of halogens is 2. The van der Waals surface area contributed by atoms with Gasteiger partial charge in [0.05, 0.1) is 5.75 Å². The molecule has 0 aliphatic heterocycles. The monoisotopic (exact) mass is 526 g/mol. The average Bonchev–Trinajstić information content (AvgIpc) is 2.84. The molecule has 0 saturated carbocycles. The van der Waals surface area contributed by atoms with Crippen LogP contribution in [0.4, 0.5) is 4.39 Å². The first-order valence-electron chi connectivity index (χ1n) is 11.9. The fourth-order valence-corrected chi connectivity index (χ4v) is 5.15. The van der Waals surface area contributed by atoms with E-state index in [9.17, 15) is 14.0 Å². The SMILES string of the molecule is Cc1ccccc1CN(C(=O)CSCc1c(F)cccc1Cl)[C@H](Cc1ccccc1)C(=O)NC(C)C. The minimum Gasteiger partial charge on any atom is -0.352 e. The molecule has 0 aliphatic carbocycles. The average molecular weight is 527 g/mol. The highest BCUT2D eigenvalue weighted by Gasteiger charge is 2.31. The fourth-order valence-electron chi connectivity index (χ4n) is 3.90. The standard InChI is InChI=1S/C29H32ClFN2O2S/c1-20(2)32-29(35)27(16-22-11-5-4-6-12-22)33(17-23-13-8-7-10-21(23)3)28(34)19-36-18-24-25(30)14-9-15-26(24)31/h4-15,20,27H,16-19H2,1-3H3,(H,32,35)/t27-/m1/s1. The molecule has 3 aromatic rings. The van der Waals surface area contributed by atoms with E-state index in [1.165, 1.54) is 17.8 Å². The van der Waals surface area contributed by atoms with Crippen LogP contribution in [-0.4, -0.2) is 34.6 Å². The molecule has 36 heavy (non-hydrogen) atoms. The van der Waals surface area contributed by atoms with Crippen molar-refractivity contribution in [1.29, 1.82) is 0 Å². The van der Waals surface area contributed by atoms with Crippen LogP contribution in [0.2, 0.25) is 5.02 Å². The van der Waals surface area contributed by atoms with Crippen molar-refractivity contribution in [2.24, 2.45) is 0 Å². The summed E-state index contributed by atoms with van der Waals surface area (Å²) in [5, 5.41) is 3.33. The third kappa shape index (κ3) is 7.84. The van der Waals surface area contributed by atoms with Crippen molar-refractivity contribution in [2.45, 2.75) is 51.6 Å². The zero-order chi connectivity index (χ0) is 26.1. The van der Waals surface area contributed by atoms with E-state index in [4.69, 9.17) is 11.6 Å². The van der Waals surface area contributed by atoms with E-state index in [-0.39, 0.29) is 29.4 Å². The van der Waals surface area contributed by atoms with Gasteiger partial charge in [-0.3, -0.25) is 9.59 Å². The Bertz CT molecular complexity index is 1150. The molecule has 3 aromatic carbocycles. The molecular formula is C29H32ClFN2O2S. The van der Waals surface area contributed by atoms with Gasteiger partial charge in [0.15, 0.2) is 0 Å². The first-order chi connectivity index (χ1) is 17.3. The summed E-state index contributed by atoms with van der Waals surface area (Å²) in [5.41, 5.74) is 3.36. The van der Waals surface area contributed by atoms with Crippen LogP contribution < -0.4 is 5.32 Å². The second-order valence-corrected chi connectivity index (χ2v) is 10.4. The first kappa shape index (κ1) is 27.8. The molecule has 2 amide bonds. The number of carbonyl (C=O) groups is 2. The van der Waals surface area contributed by atoms with Crippen LogP contribution in [0, 0.1) is 12.7 Å². The van der Waals surface area contributed by atoms with Crippen LogP contribution in [0.15, 0.2) is 72.8 Å². The molecule has 0 unspecified atom stereocenters. The summed E-state index contributed by atoms with van der Waals surface area (Å²) in [6.45, 7) is 6.10. The minimum absolute atomic E-state index is 0.0660. The predicted molar refractivity (Wildman–Crippen MR) is 147 cm³/mol. The number of nitrogens with one attached hydrogen (secondary N) is 1. The summed E-state index contributed by atoms with van der Waals surface area (Å²) in [6.07, 6.45) is 0.390. The van der Waals surface area contributed by atoms with Gasteiger partial charge in [-0.25, -0.2) is 4.39 Å². The van der Waals surface area contributed by atoms with Gasteiger partial charge in [-0.15, -0.1) is 11.8 Å². The van der Waals surface area contributed by atoms with E-state index in [1.807, 2.05) is 75.4 Å². The third-order valence-electron chi connectivity index (χ3n) is 5.84. The van der Waals surface area contributed by atoms with Gasteiger partial charge in [0.2, 0.25) is 11.8 Å². The molecule has 1 N–H and O–H groups in total. The van der Waals surface area contributed by atoms with Crippen molar-refractivity contribution < 1.29 is 14.0 Å². The van der Waals surface area contributed by atoms with Crippen molar-refractivity contribution in [3.05, 3.63) is 106 Å². The third-order valence-corrected chi connectivity index (χ3v) is 7.14. The van der Waals surface area contributed by atoms with E-state index >= 15 is 0 Å². The van der Waals surface area contributed by atoms with Crippen molar-refractivity contribution in [3.63, 3.8) is 0 Å². The topological polar surface area (TPSA) is 49.4 Å². The number of hydrogen-bond acceptors (Lipinski definition) is 3.